The Bertz CT molecular complexity index is 1490. The van der Waals surface area contributed by atoms with Crippen molar-refractivity contribution in [1.82, 2.24) is 9.71 Å². The molecule has 6 nitrogen and oxygen atoms in total. The number of aromatic amines is 1. The molecule has 8 heteroatoms. The highest BCUT2D eigenvalue weighted by Crippen LogP contribution is 2.25. The van der Waals surface area contributed by atoms with Gasteiger partial charge in [0.15, 0.2) is 0 Å². The summed E-state index contributed by atoms with van der Waals surface area (Å²) in [6.07, 6.45) is 1.75. The van der Waals surface area contributed by atoms with E-state index in [1.165, 1.54) is 6.07 Å². The van der Waals surface area contributed by atoms with Crippen LogP contribution in [0, 0.1) is 25.7 Å². The number of H-pyrrole nitrogens is 1. The summed E-state index contributed by atoms with van der Waals surface area (Å²) in [6, 6.07) is 15.2. The molecule has 0 saturated carbocycles. The van der Waals surface area contributed by atoms with Crippen LogP contribution in [0.2, 0.25) is 0 Å². The van der Waals surface area contributed by atoms with E-state index in [9.17, 15) is 18.3 Å². The van der Waals surface area contributed by atoms with Crippen LogP contribution in [-0.2, 0) is 21.2 Å². The van der Waals surface area contributed by atoms with E-state index >= 15 is 0 Å². The van der Waals surface area contributed by atoms with Crippen LogP contribution in [-0.4, -0.2) is 30.5 Å². The number of carboxylic acids is 1. The standard InChI is InChI=1S/C25H22N2O4S2/c1-16-6-8-18(9-7-16)10-11-20-12-13-23(32-20)33(30,31)27-22(25(28)29)14-19-15-26-21-5-3-4-17(2)24(19)21/h3-9,12-13,15,22,26-27H,14H2,1-2H3,(H,28,29)/t22-/m1/s1. The van der Waals surface area contributed by atoms with Gasteiger partial charge in [0.1, 0.15) is 10.3 Å². The van der Waals surface area contributed by atoms with Gasteiger partial charge in [-0.1, -0.05) is 41.7 Å². The summed E-state index contributed by atoms with van der Waals surface area (Å²) < 4.78 is 28.2. The molecule has 0 radical (unpaired) electrons. The second kappa shape index (κ2) is 9.24. The molecule has 0 fully saturated rings. The molecule has 2 aromatic carbocycles. The van der Waals surface area contributed by atoms with Crippen LogP contribution in [0.15, 0.2) is 65.0 Å². The molecule has 0 aliphatic rings. The number of aliphatic carboxylic acids is 1. The van der Waals surface area contributed by atoms with E-state index in [1.54, 1.807) is 12.3 Å². The monoisotopic (exact) mass is 478 g/mol. The Morgan fingerprint density at radius 2 is 1.85 bits per heavy atom. The molecule has 168 valence electrons. The van der Waals surface area contributed by atoms with Crippen LogP contribution in [0.3, 0.4) is 0 Å². The number of carboxylic acid groups (broad SMARTS) is 1. The fourth-order valence-corrected chi connectivity index (χ4v) is 5.92. The van der Waals surface area contributed by atoms with Crippen molar-refractivity contribution in [2.45, 2.75) is 30.5 Å². The van der Waals surface area contributed by atoms with Gasteiger partial charge in [-0.25, -0.2) is 8.42 Å². The SMILES string of the molecule is Cc1ccc(C#Cc2ccc(S(=O)(=O)N[C@H](Cc3c[nH]c4cccc(C)c34)C(=O)O)s2)cc1. The number of nitrogens with one attached hydrogen (secondary N) is 2. The molecule has 0 aliphatic carbocycles. The third-order valence-electron chi connectivity index (χ3n) is 5.24. The third-order valence-corrected chi connectivity index (χ3v) is 8.21. The smallest absolute Gasteiger partial charge is 0.322 e. The maximum atomic E-state index is 12.9. The van der Waals surface area contributed by atoms with Gasteiger partial charge in [-0.05, 0) is 55.3 Å². The number of sulfonamides is 1. The van der Waals surface area contributed by atoms with Crippen LogP contribution >= 0.6 is 11.3 Å². The van der Waals surface area contributed by atoms with Crippen LogP contribution in [0.25, 0.3) is 10.9 Å². The highest BCUT2D eigenvalue weighted by Gasteiger charge is 2.27. The zero-order valence-electron chi connectivity index (χ0n) is 18.0. The lowest BCUT2D eigenvalue weighted by Gasteiger charge is -2.14. The van der Waals surface area contributed by atoms with Crippen molar-refractivity contribution in [3.63, 3.8) is 0 Å². The van der Waals surface area contributed by atoms with Gasteiger partial charge in [-0.3, -0.25) is 4.79 Å². The Morgan fingerprint density at radius 1 is 1.09 bits per heavy atom. The Labute approximate surface area is 196 Å². The number of fused-ring (bicyclic) bond motifs is 1. The molecule has 2 aromatic heterocycles. The topological polar surface area (TPSA) is 99.3 Å². The number of benzene rings is 2. The van der Waals surface area contributed by atoms with Crippen molar-refractivity contribution < 1.29 is 18.3 Å². The lowest BCUT2D eigenvalue weighted by atomic mass is 10.0. The Hall–Kier alpha value is -3.38. The summed E-state index contributed by atoms with van der Waals surface area (Å²) in [5, 5.41) is 10.6. The molecule has 4 aromatic rings. The minimum Gasteiger partial charge on any atom is -0.480 e. The Kier molecular flexibility index (Phi) is 6.38. The molecule has 0 amide bonds. The maximum absolute atomic E-state index is 12.9. The van der Waals surface area contributed by atoms with Crippen molar-refractivity contribution in [1.29, 1.82) is 0 Å². The van der Waals surface area contributed by atoms with E-state index < -0.39 is 22.0 Å². The van der Waals surface area contributed by atoms with Gasteiger partial charge in [-0.2, -0.15) is 4.72 Å². The highest BCUT2D eigenvalue weighted by molar-refractivity contribution is 7.91. The average molecular weight is 479 g/mol. The second-order valence-electron chi connectivity index (χ2n) is 7.76. The van der Waals surface area contributed by atoms with Crippen molar-refractivity contribution in [3.05, 3.63) is 87.9 Å². The van der Waals surface area contributed by atoms with Crippen molar-refractivity contribution in [2.24, 2.45) is 0 Å². The van der Waals surface area contributed by atoms with E-state index in [0.29, 0.717) is 4.88 Å². The molecule has 0 unspecified atom stereocenters. The van der Waals surface area contributed by atoms with Gasteiger partial charge in [0.2, 0.25) is 0 Å². The second-order valence-corrected chi connectivity index (χ2v) is 10.8. The summed E-state index contributed by atoms with van der Waals surface area (Å²) in [6.45, 7) is 3.93. The number of aromatic nitrogens is 1. The van der Waals surface area contributed by atoms with Gasteiger partial charge in [0.05, 0.1) is 4.88 Å². The predicted molar refractivity (Wildman–Crippen MR) is 130 cm³/mol. The van der Waals surface area contributed by atoms with Gasteiger partial charge in [0, 0.05) is 29.1 Å². The number of hydrogen-bond donors (Lipinski definition) is 3. The van der Waals surface area contributed by atoms with Gasteiger partial charge >= 0.3 is 5.97 Å². The number of rotatable bonds is 6. The first-order chi connectivity index (χ1) is 15.7. The molecule has 2 heterocycles. The van der Waals surface area contributed by atoms with Crippen LogP contribution < -0.4 is 4.72 Å². The first-order valence-electron chi connectivity index (χ1n) is 10.2. The first kappa shape index (κ1) is 22.8. The zero-order valence-corrected chi connectivity index (χ0v) is 19.7. The molecule has 33 heavy (non-hydrogen) atoms. The summed E-state index contributed by atoms with van der Waals surface area (Å²) in [7, 11) is -4.03. The Morgan fingerprint density at radius 3 is 2.58 bits per heavy atom. The molecule has 0 spiro atoms. The molecular weight excluding hydrogens is 456 g/mol. The number of hydrogen-bond acceptors (Lipinski definition) is 4. The molecule has 0 bridgehead atoms. The molecular formula is C25H22N2O4S2. The molecule has 3 N–H and O–H groups in total. The first-order valence-corrected chi connectivity index (χ1v) is 12.5. The lowest BCUT2D eigenvalue weighted by Crippen LogP contribution is -2.42. The van der Waals surface area contributed by atoms with E-state index in [4.69, 9.17) is 0 Å². The molecule has 1 atom stereocenters. The summed E-state index contributed by atoms with van der Waals surface area (Å²) in [5.41, 5.74) is 4.58. The minimum absolute atomic E-state index is 0.0187. The number of aryl methyl sites for hydroxylation is 2. The van der Waals surface area contributed by atoms with Gasteiger partial charge < -0.3 is 10.1 Å². The van der Waals surface area contributed by atoms with Gasteiger partial charge in [0.25, 0.3) is 10.0 Å². The molecule has 4 rings (SSSR count). The number of carbonyl (C=O) groups is 1. The zero-order chi connectivity index (χ0) is 23.6. The summed E-state index contributed by atoms with van der Waals surface area (Å²) in [4.78, 5) is 15.6. The Balaban J connectivity index is 1.54. The largest absolute Gasteiger partial charge is 0.480 e. The molecule has 0 aliphatic heterocycles. The third kappa shape index (κ3) is 5.17. The van der Waals surface area contributed by atoms with E-state index in [-0.39, 0.29) is 10.6 Å². The van der Waals surface area contributed by atoms with E-state index in [2.05, 4.69) is 21.5 Å². The normalized spacial score (nSPS) is 12.3. The molecule has 0 saturated heterocycles. The van der Waals surface area contributed by atoms with Crippen molar-refractivity contribution in [2.75, 3.05) is 0 Å². The van der Waals surface area contributed by atoms with Crippen LogP contribution in [0.5, 0.6) is 0 Å². The fourth-order valence-electron chi connectivity index (χ4n) is 3.56. The van der Waals surface area contributed by atoms with Crippen LogP contribution in [0.4, 0.5) is 0 Å². The summed E-state index contributed by atoms with van der Waals surface area (Å²) in [5.74, 6) is 4.74. The minimum atomic E-state index is -4.03. The lowest BCUT2D eigenvalue weighted by molar-refractivity contribution is -0.138. The van der Waals surface area contributed by atoms with E-state index in [1.807, 2.05) is 56.3 Å². The van der Waals surface area contributed by atoms with Crippen molar-refractivity contribution in [3.8, 4) is 11.8 Å². The van der Waals surface area contributed by atoms with E-state index in [0.717, 1.165) is 44.5 Å². The quantitative estimate of drug-likeness (QED) is 0.361. The van der Waals surface area contributed by atoms with Gasteiger partial charge in [-0.15, -0.1) is 11.3 Å². The van der Waals surface area contributed by atoms with Crippen LogP contribution in [0.1, 0.15) is 27.1 Å². The maximum Gasteiger partial charge on any atom is 0.322 e. The fraction of sp³-hybridized carbons (Fsp3) is 0.160. The number of thiophene rings is 1. The average Bonchev–Trinajstić information content (AvgIpc) is 3.41. The highest BCUT2D eigenvalue weighted by atomic mass is 32.2. The van der Waals surface area contributed by atoms with Crippen molar-refractivity contribution >= 4 is 38.2 Å². The summed E-state index contributed by atoms with van der Waals surface area (Å²) >= 11 is 1.01. The predicted octanol–water partition coefficient (Wildman–Crippen LogP) is 4.22.